The van der Waals surface area contributed by atoms with E-state index in [1.807, 2.05) is 9.13 Å². The summed E-state index contributed by atoms with van der Waals surface area (Å²) in [5.74, 6) is 0.681. The summed E-state index contributed by atoms with van der Waals surface area (Å²) in [5.41, 5.74) is 7.72. The molecule has 0 saturated carbocycles. The van der Waals surface area contributed by atoms with E-state index in [1.165, 1.54) is 0 Å². The van der Waals surface area contributed by atoms with Crippen LogP contribution in [0, 0.1) is 0 Å². The number of nitrogens with two attached hydrogens (primary N) is 1. The number of hydrogen-bond acceptors (Lipinski definition) is 4. The van der Waals surface area contributed by atoms with Crippen LogP contribution in [0.5, 0.6) is 0 Å². The van der Waals surface area contributed by atoms with Gasteiger partial charge in [0, 0.05) is 13.1 Å². The zero-order valence-electron chi connectivity index (χ0n) is 10.3. The summed E-state index contributed by atoms with van der Waals surface area (Å²) in [4.78, 5) is 8.72. The van der Waals surface area contributed by atoms with Gasteiger partial charge in [-0.05, 0) is 13.5 Å². The molecular formula is C11H19N6+. The molecule has 0 spiro atoms. The lowest BCUT2D eigenvalue weighted by atomic mass is 10.4. The van der Waals surface area contributed by atoms with Gasteiger partial charge in [0.25, 0.3) is 5.82 Å². The third-order valence-electron chi connectivity index (χ3n) is 2.80. The molecule has 2 aromatic rings. The molecule has 0 fully saturated rings. The van der Waals surface area contributed by atoms with Gasteiger partial charge < -0.3 is 15.6 Å². The van der Waals surface area contributed by atoms with Crippen molar-refractivity contribution in [1.29, 1.82) is 0 Å². The molecule has 2 rings (SSSR count). The average Bonchev–Trinajstić information content (AvgIpc) is 2.76. The van der Waals surface area contributed by atoms with Crippen LogP contribution in [0.4, 0.5) is 5.82 Å². The Morgan fingerprint density at radius 1 is 1.41 bits per heavy atom. The van der Waals surface area contributed by atoms with Gasteiger partial charge in [0.05, 0.1) is 12.9 Å². The highest BCUT2D eigenvalue weighted by atomic mass is 15.2. The Morgan fingerprint density at radius 3 is 2.94 bits per heavy atom. The molecule has 3 N–H and O–H groups in total. The van der Waals surface area contributed by atoms with Crippen molar-refractivity contribution < 1.29 is 4.57 Å². The van der Waals surface area contributed by atoms with Gasteiger partial charge in [-0.1, -0.05) is 11.9 Å². The summed E-state index contributed by atoms with van der Waals surface area (Å²) in [5, 5.41) is 3.26. The van der Waals surface area contributed by atoms with Crippen LogP contribution in [0.3, 0.4) is 0 Å². The smallest absolute Gasteiger partial charge is 0.250 e. The van der Waals surface area contributed by atoms with E-state index < -0.39 is 0 Å². The number of nitrogens with zero attached hydrogens (tertiary/aromatic N) is 4. The molecule has 0 radical (unpaired) electrons. The number of imidazole rings is 1. The summed E-state index contributed by atoms with van der Waals surface area (Å²) >= 11 is 0. The number of nitrogen functional groups attached to an aromatic ring is 1. The highest BCUT2D eigenvalue weighted by Gasteiger charge is 2.15. The van der Waals surface area contributed by atoms with Gasteiger partial charge in [0.1, 0.15) is 0 Å². The Kier molecular flexibility index (Phi) is 3.53. The number of rotatable bonds is 5. The second-order valence-corrected chi connectivity index (χ2v) is 3.88. The summed E-state index contributed by atoms with van der Waals surface area (Å²) in [6.07, 6.45) is 3.56. The molecule has 0 amide bonds. The Morgan fingerprint density at radius 2 is 2.24 bits per heavy atom. The predicted octanol–water partition coefficient (Wildman–Crippen LogP) is -0.0696. The Balaban J connectivity index is 2.30. The lowest BCUT2D eigenvalue weighted by Gasteiger charge is -2.04. The maximum absolute atomic E-state index is 6.09. The van der Waals surface area contributed by atoms with Gasteiger partial charge in [-0.3, -0.25) is 0 Å². The van der Waals surface area contributed by atoms with E-state index in [1.54, 1.807) is 12.7 Å². The zero-order valence-corrected chi connectivity index (χ0v) is 10.3. The van der Waals surface area contributed by atoms with E-state index in [0.717, 1.165) is 37.3 Å². The number of hydrogen-bond donors (Lipinski definition) is 2. The van der Waals surface area contributed by atoms with Crippen LogP contribution < -0.4 is 15.6 Å². The van der Waals surface area contributed by atoms with E-state index in [2.05, 4.69) is 29.1 Å². The molecule has 0 aromatic carbocycles. The van der Waals surface area contributed by atoms with Crippen molar-refractivity contribution in [2.45, 2.75) is 26.9 Å². The molecule has 2 heterocycles. The summed E-state index contributed by atoms with van der Waals surface area (Å²) in [6.45, 7) is 7.64. The van der Waals surface area contributed by atoms with E-state index in [-0.39, 0.29) is 0 Å². The third-order valence-corrected chi connectivity index (χ3v) is 2.80. The first-order chi connectivity index (χ1) is 8.27. The summed E-state index contributed by atoms with van der Waals surface area (Å²) in [6, 6.07) is 0. The van der Waals surface area contributed by atoms with Crippen LogP contribution in [-0.4, -0.2) is 27.6 Å². The first-order valence-electron chi connectivity index (χ1n) is 5.97. The van der Waals surface area contributed by atoms with Crippen LogP contribution in [0.25, 0.3) is 11.2 Å². The topological polar surface area (TPSA) is 72.6 Å². The minimum atomic E-state index is 0.681. The lowest BCUT2D eigenvalue weighted by molar-refractivity contribution is -0.682. The molecular weight excluding hydrogens is 216 g/mol. The van der Waals surface area contributed by atoms with Crippen molar-refractivity contribution in [3.05, 3.63) is 12.7 Å². The average molecular weight is 235 g/mol. The number of likely N-dealkylation sites (N-methyl/N-ethyl adjacent to an activating group) is 1. The Labute approximate surface area is 100 Å². The highest BCUT2D eigenvalue weighted by molar-refractivity contribution is 5.79. The second kappa shape index (κ2) is 5.09. The largest absolute Gasteiger partial charge is 0.317 e. The predicted molar refractivity (Wildman–Crippen MR) is 66.4 cm³/mol. The first-order valence-corrected chi connectivity index (χ1v) is 5.97. The zero-order chi connectivity index (χ0) is 12.3. The first kappa shape index (κ1) is 11.8. The van der Waals surface area contributed by atoms with Gasteiger partial charge in [-0.25, -0.2) is 9.55 Å². The molecule has 0 aliphatic heterocycles. The third kappa shape index (κ3) is 2.21. The SMILES string of the molecule is CCNCC[n+]1cnc2c(ncn2CC)c1N. The fraction of sp³-hybridized carbons (Fsp3) is 0.545. The van der Waals surface area contributed by atoms with Gasteiger partial charge >= 0.3 is 0 Å². The molecule has 2 aromatic heterocycles. The molecule has 6 nitrogen and oxygen atoms in total. The number of nitrogens with one attached hydrogen (secondary N) is 1. The summed E-state index contributed by atoms with van der Waals surface area (Å²) in [7, 11) is 0. The minimum absolute atomic E-state index is 0.681. The van der Waals surface area contributed by atoms with Crippen molar-refractivity contribution in [2.24, 2.45) is 0 Å². The molecule has 0 bridgehead atoms. The maximum Gasteiger partial charge on any atom is 0.250 e. The number of fused-ring (bicyclic) bond motifs is 1. The molecule has 92 valence electrons. The van der Waals surface area contributed by atoms with E-state index in [9.17, 15) is 0 Å². The van der Waals surface area contributed by atoms with Crippen molar-refractivity contribution in [2.75, 3.05) is 18.8 Å². The quantitative estimate of drug-likeness (QED) is 0.562. The van der Waals surface area contributed by atoms with Gasteiger partial charge in [-0.15, -0.1) is 0 Å². The molecule has 17 heavy (non-hydrogen) atoms. The maximum atomic E-state index is 6.09. The van der Waals surface area contributed by atoms with Gasteiger partial charge in [0.15, 0.2) is 5.52 Å². The Hall–Kier alpha value is -1.69. The molecule has 6 heteroatoms. The standard InChI is InChI=1S/C11H18N6/c1-3-13-5-6-17-8-15-11-9(10(17)12)14-7-16(11)4-2/h7-8,12-13H,3-6H2,1-2H3/p+1. The van der Waals surface area contributed by atoms with E-state index >= 15 is 0 Å². The van der Waals surface area contributed by atoms with Crippen LogP contribution >= 0.6 is 0 Å². The number of aromatic nitrogens is 4. The normalized spacial score (nSPS) is 11.2. The van der Waals surface area contributed by atoms with Crippen LogP contribution in [-0.2, 0) is 13.1 Å². The highest BCUT2D eigenvalue weighted by Crippen LogP contribution is 2.12. The van der Waals surface area contributed by atoms with Crippen LogP contribution in [0.15, 0.2) is 12.7 Å². The summed E-state index contributed by atoms with van der Waals surface area (Å²) < 4.78 is 3.91. The van der Waals surface area contributed by atoms with Crippen molar-refractivity contribution in [1.82, 2.24) is 19.9 Å². The Bertz CT molecular complexity index is 504. The van der Waals surface area contributed by atoms with E-state index in [0.29, 0.717) is 5.82 Å². The fourth-order valence-corrected chi connectivity index (χ4v) is 1.80. The lowest BCUT2D eigenvalue weighted by Crippen LogP contribution is -2.42. The molecule has 0 aliphatic carbocycles. The monoisotopic (exact) mass is 235 g/mol. The molecule has 0 saturated heterocycles. The van der Waals surface area contributed by atoms with Crippen LogP contribution in [0.1, 0.15) is 13.8 Å². The van der Waals surface area contributed by atoms with Crippen molar-refractivity contribution in [3.63, 3.8) is 0 Å². The molecule has 0 atom stereocenters. The second-order valence-electron chi connectivity index (χ2n) is 3.88. The van der Waals surface area contributed by atoms with Crippen molar-refractivity contribution >= 4 is 17.0 Å². The number of aryl methyl sites for hydroxylation is 1. The molecule has 0 unspecified atom stereocenters. The van der Waals surface area contributed by atoms with Gasteiger partial charge in [0.2, 0.25) is 12.0 Å². The van der Waals surface area contributed by atoms with Gasteiger partial charge in [-0.2, -0.15) is 0 Å². The molecule has 0 aliphatic rings. The van der Waals surface area contributed by atoms with E-state index in [4.69, 9.17) is 5.73 Å². The number of anilines is 1. The van der Waals surface area contributed by atoms with Crippen molar-refractivity contribution in [3.8, 4) is 0 Å². The fourth-order valence-electron chi connectivity index (χ4n) is 1.80. The van der Waals surface area contributed by atoms with Crippen LogP contribution in [0.2, 0.25) is 0 Å². The minimum Gasteiger partial charge on any atom is -0.317 e.